The van der Waals surface area contributed by atoms with Gasteiger partial charge in [0.05, 0.1) is 12.2 Å². The summed E-state index contributed by atoms with van der Waals surface area (Å²) in [4.78, 5) is 27.8. The summed E-state index contributed by atoms with van der Waals surface area (Å²) >= 11 is 0. The molecular weight excluding hydrogens is 359 g/mol. The van der Waals surface area contributed by atoms with Crippen molar-refractivity contribution >= 4 is 11.9 Å². The van der Waals surface area contributed by atoms with Crippen LogP contribution in [0.3, 0.4) is 0 Å². The first-order chi connectivity index (χ1) is 12.4. The van der Waals surface area contributed by atoms with Gasteiger partial charge in [-0.1, -0.05) is 26.0 Å². The summed E-state index contributed by atoms with van der Waals surface area (Å²) in [6.07, 6.45) is -2.99. The Bertz CT molecular complexity index is 688. The van der Waals surface area contributed by atoms with E-state index in [-0.39, 0.29) is 12.6 Å². The molecule has 1 N–H and O–H groups in total. The van der Waals surface area contributed by atoms with Crippen LogP contribution >= 0.6 is 0 Å². The maximum atomic E-state index is 12.7. The minimum Gasteiger partial charge on any atom is -0.323 e. The molecule has 0 bridgehead atoms. The molecule has 0 aliphatic carbocycles. The summed E-state index contributed by atoms with van der Waals surface area (Å²) < 4.78 is 37.9. The molecule has 1 atom stereocenters. The minimum atomic E-state index is -4.37. The van der Waals surface area contributed by atoms with Crippen LogP contribution in [0, 0.1) is 5.92 Å². The summed E-state index contributed by atoms with van der Waals surface area (Å²) in [5, 5.41) is 2.76. The maximum Gasteiger partial charge on any atom is 0.416 e. The van der Waals surface area contributed by atoms with E-state index in [1.807, 2.05) is 0 Å². The number of alkyl halides is 3. The topological polar surface area (TPSA) is 52.7 Å². The molecule has 1 aliphatic heterocycles. The lowest BCUT2D eigenvalue weighted by Gasteiger charge is -2.25. The Morgan fingerprint density at radius 2 is 1.78 bits per heavy atom. The number of carbonyl (C=O) groups is 2. The van der Waals surface area contributed by atoms with Crippen molar-refractivity contribution in [2.75, 3.05) is 13.7 Å². The lowest BCUT2D eigenvalue weighted by molar-refractivity contribution is -0.137. The highest BCUT2D eigenvalue weighted by molar-refractivity contribution is 6.06. The first kappa shape index (κ1) is 21.2. The third-order valence-corrected chi connectivity index (χ3v) is 4.68. The second-order valence-corrected chi connectivity index (χ2v) is 7.78. The van der Waals surface area contributed by atoms with E-state index in [9.17, 15) is 22.8 Å². The smallest absolute Gasteiger partial charge is 0.323 e. The summed E-state index contributed by atoms with van der Waals surface area (Å²) in [6.45, 7) is 6.23. The van der Waals surface area contributed by atoms with Gasteiger partial charge in [0.1, 0.15) is 5.54 Å². The molecule has 0 radical (unpaired) electrons. The molecule has 1 aliphatic rings. The molecule has 8 heteroatoms. The Kier molecular flexibility index (Phi) is 6.19. The van der Waals surface area contributed by atoms with Crippen molar-refractivity contribution < 1.29 is 22.8 Å². The van der Waals surface area contributed by atoms with Gasteiger partial charge in [0.15, 0.2) is 0 Å². The van der Waals surface area contributed by atoms with E-state index in [1.165, 1.54) is 12.1 Å². The number of amides is 3. The predicted molar refractivity (Wildman–Crippen MR) is 95.6 cm³/mol. The molecule has 0 unspecified atom stereocenters. The molecule has 1 saturated heterocycles. The summed E-state index contributed by atoms with van der Waals surface area (Å²) in [7, 11) is 1.71. The molecule has 1 fully saturated rings. The number of hydrogen-bond donors (Lipinski definition) is 1. The van der Waals surface area contributed by atoms with Crippen LogP contribution in [-0.4, -0.2) is 41.0 Å². The SMILES string of the molecule is CC(C)CC[C@]1(C)NC(=O)N(CN(C)Cc2ccc(C(F)(F)F)cc2)C1=O. The summed E-state index contributed by atoms with van der Waals surface area (Å²) in [5.41, 5.74) is -0.944. The number of imide groups is 1. The average molecular weight is 385 g/mol. The third-order valence-electron chi connectivity index (χ3n) is 4.68. The van der Waals surface area contributed by atoms with Crippen LogP contribution < -0.4 is 5.32 Å². The van der Waals surface area contributed by atoms with E-state index >= 15 is 0 Å². The minimum absolute atomic E-state index is 0.0724. The first-order valence-electron chi connectivity index (χ1n) is 8.91. The summed E-state index contributed by atoms with van der Waals surface area (Å²) in [6, 6.07) is 4.42. The van der Waals surface area contributed by atoms with Crippen molar-refractivity contribution in [2.45, 2.75) is 51.9 Å². The monoisotopic (exact) mass is 385 g/mol. The number of nitrogens with one attached hydrogen (secondary N) is 1. The second kappa shape index (κ2) is 7.88. The number of nitrogens with zero attached hydrogens (tertiary/aromatic N) is 2. The van der Waals surface area contributed by atoms with Gasteiger partial charge in [-0.25, -0.2) is 9.69 Å². The zero-order valence-electron chi connectivity index (χ0n) is 16.1. The van der Waals surface area contributed by atoms with Gasteiger partial charge < -0.3 is 5.32 Å². The molecule has 5 nitrogen and oxygen atoms in total. The van der Waals surface area contributed by atoms with E-state index in [2.05, 4.69) is 19.2 Å². The van der Waals surface area contributed by atoms with Gasteiger partial charge in [0, 0.05) is 6.54 Å². The number of hydrogen-bond acceptors (Lipinski definition) is 3. The van der Waals surface area contributed by atoms with Crippen molar-refractivity contribution in [1.82, 2.24) is 15.1 Å². The Labute approximate surface area is 157 Å². The van der Waals surface area contributed by atoms with Crippen LogP contribution in [-0.2, 0) is 17.5 Å². The number of rotatable bonds is 7. The first-order valence-corrected chi connectivity index (χ1v) is 8.91. The van der Waals surface area contributed by atoms with Crippen molar-refractivity contribution in [1.29, 1.82) is 0 Å². The second-order valence-electron chi connectivity index (χ2n) is 7.78. The van der Waals surface area contributed by atoms with Crippen molar-refractivity contribution in [3.05, 3.63) is 35.4 Å². The van der Waals surface area contributed by atoms with Crippen molar-refractivity contribution in [3.63, 3.8) is 0 Å². The molecule has 150 valence electrons. The molecule has 1 aromatic carbocycles. The molecule has 0 saturated carbocycles. The van der Waals surface area contributed by atoms with Gasteiger partial charge >= 0.3 is 12.2 Å². The average Bonchev–Trinajstić information content (AvgIpc) is 2.76. The van der Waals surface area contributed by atoms with Gasteiger partial charge in [-0.15, -0.1) is 0 Å². The van der Waals surface area contributed by atoms with Gasteiger partial charge in [0.2, 0.25) is 0 Å². The highest BCUT2D eigenvalue weighted by Gasteiger charge is 2.47. The van der Waals surface area contributed by atoms with Gasteiger partial charge in [0.25, 0.3) is 5.91 Å². The fourth-order valence-electron chi connectivity index (χ4n) is 3.02. The fraction of sp³-hybridized carbons (Fsp3) is 0.579. The molecule has 1 aromatic rings. The lowest BCUT2D eigenvalue weighted by Crippen LogP contribution is -2.45. The molecule has 27 heavy (non-hydrogen) atoms. The van der Waals surface area contributed by atoms with E-state index in [0.717, 1.165) is 23.5 Å². The van der Waals surface area contributed by atoms with E-state index < -0.39 is 23.3 Å². The number of halogens is 3. The predicted octanol–water partition coefficient (Wildman–Crippen LogP) is 3.84. The molecule has 0 spiro atoms. The van der Waals surface area contributed by atoms with E-state index in [0.29, 0.717) is 24.4 Å². The van der Waals surface area contributed by atoms with Crippen molar-refractivity contribution in [3.8, 4) is 0 Å². The third kappa shape index (κ3) is 5.22. The van der Waals surface area contributed by atoms with Crippen molar-refractivity contribution in [2.24, 2.45) is 5.92 Å². The van der Waals surface area contributed by atoms with Crippen LogP contribution in [0.15, 0.2) is 24.3 Å². The number of urea groups is 1. The van der Waals surface area contributed by atoms with Gasteiger partial charge in [-0.05, 0) is 50.4 Å². The quantitative estimate of drug-likeness (QED) is 0.726. The van der Waals surface area contributed by atoms with Crippen LogP contribution in [0.2, 0.25) is 0 Å². The Balaban J connectivity index is 1.98. The van der Waals surface area contributed by atoms with E-state index in [4.69, 9.17) is 0 Å². The Morgan fingerprint density at radius 1 is 1.19 bits per heavy atom. The summed E-state index contributed by atoms with van der Waals surface area (Å²) in [5.74, 6) is 0.148. The zero-order valence-corrected chi connectivity index (χ0v) is 16.1. The zero-order chi connectivity index (χ0) is 20.4. The van der Waals surface area contributed by atoms with Crippen LogP contribution in [0.4, 0.5) is 18.0 Å². The van der Waals surface area contributed by atoms with Gasteiger partial charge in [-0.2, -0.15) is 13.2 Å². The lowest BCUT2D eigenvalue weighted by atomic mass is 9.92. The van der Waals surface area contributed by atoms with Gasteiger partial charge in [-0.3, -0.25) is 9.69 Å². The van der Waals surface area contributed by atoms with Crippen LogP contribution in [0.1, 0.15) is 44.7 Å². The fourth-order valence-corrected chi connectivity index (χ4v) is 3.02. The normalized spacial score (nSPS) is 20.7. The molecule has 1 heterocycles. The molecule has 2 rings (SSSR count). The largest absolute Gasteiger partial charge is 0.416 e. The number of benzene rings is 1. The van der Waals surface area contributed by atoms with E-state index in [1.54, 1.807) is 18.9 Å². The molecule has 3 amide bonds. The van der Waals surface area contributed by atoms with Crippen LogP contribution in [0.5, 0.6) is 0 Å². The van der Waals surface area contributed by atoms with Crippen LogP contribution in [0.25, 0.3) is 0 Å². The Hall–Kier alpha value is -2.09. The molecular formula is C19H26F3N3O2. The Morgan fingerprint density at radius 3 is 2.30 bits per heavy atom. The highest BCUT2D eigenvalue weighted by Crippen LogP contribution is 2.29. The standard InChI is InChI=1S/C19H26F3N3O2/c1-13(2)9-10-18(3)16(26)25(17(27)23-18)12-24(4)11-14-5-7-15(8-6-14)19(20,21)22/h5-8,13H,9-12H2,1-4H3,(H,23,27)/t18-/m0/s1. The number of carbonyl (C=O) groups excluding carboxylic acids is 2. The highest BCUT2D eigenvalue weighted by atomic mass is 19.4. The molecule has 0 aromatic heterocycles. The maximum absolute atomic E-state index is 12.7.